The summed E-state index contributed by atoms with van der Waals surface area (Å²) in [6.45, 7) is 7.35. The minimum Gasteiger partial charge on any atom is -0.373 e. The van der Waals surface area contributed by atoms with E-state index in [0.717, 1.165) is 30.7 Å². The zero-order chi connectivity index (χ0) is 16.8. The van der Waals surface area contributed by atoms with Gasteiger partial charge in [0.05, 0.1) is 18.8 Å². The van der Waals surface area contributed by atoms with Gasteiger partial charge in [-0.05, 0) is 25.0 Å². The molecule has 134 valence electrons. The molecule has 1 aliphatic rings. The fraction of sp³-hybridized carbons (Fsp3) is 0.364. The van der Waals surface area contributed by atoms with Crippen LogP contribution in [0.2, 0.25) is 0 Å². The predicted octanol–water partition coefficient (Wildman–Crippen LogP) is 5.76. The second-order valence-electron chi connectivity index (χ2n) is 6.08. The highest BCUT2D eigenvalue weighted by Crippen LogP contribution is 2.34. The number of nitrogens with one attached hydrogen (secondary N) is 1. The Balaban J connectivity index is 0.00000225. The number of H-pyrrole nitrogens is 1. The van der Waals surface area contributed by atoms with E-state index in [1.165, 1.54) is 11.1 Å². The molecule has 1 fully saturated rings. The number of allylic oxidation sites excluding steroid dienone is 1. The van der Waals surface area contributed by atoms with Gasteiger partial charge in [0.25, 0.3) is 0 Å². The zero-order valence-electron chi connectivity index (χ0n) is 14.2. The van der Waals surface area contributed by atoms with E-state index >= 15 is 0 Å². The highest BCUT2D eigenvalue weighted by molar-refractivity contribution is 5.65. The molecule has 2 atom stereocenters. The van der Waals surface area contributed by atoms with Gasteiger partial charge in [-0.15, -0.1) is 0 Å². The van der Waals surface area contributed by atoms with Gasteiger partial charge in [-0.1, -0.05) is 56.5 Å². The molecule has 0 saturated carbocycles. The molecule has 3 heteroatoms. The summed E-state index contributed by atoms with van der Waals surface area (Å²) in [5.41, 5.74) is 4.59. The molecule has 1 aromatic carbocycles. The molecular formula is C22H29NO2. The molecule has 0 radical (unpaired) electrons. The minimum atomic E-state index is 0. The standard InChI is InChI=1S/C21H25NO2.CH4/c1-3-8-20-18(4-2)19(14-22-20)21-13-17(11-12-23-21)24-15-16-9-6-5-7-10-16;/h3-10,14,17,21-22H,2,11-13,15H2,1H3;1H4/b8-3-;/t17-,21+;/m0./s1. The Morgan fingerprint density at radius 1 is 1.32 bits per heavy atom. The van der Waals surface area contributed by atoms with Crippen molar-refractivity contribution in [3.05, 3.63) is 71.6 Å². The number of benzene rings is 1. The molecule has 1 N–H and O–H groups in total. The maximum absolute atomic E-state index is 6.12. The first kappa shape index (κ1) is 19.2. The highest BCUT2D eigenvalue weighted by atomic mass is 16.5. The maximum Gasteiger partial charge on any atom is 0.0870 e. The molecule has 25 heavy (non-hydrogen) atoms. The van der Waals surface area contributed by atoms with Crippen molar-refractivity contribution in [2.75, 3.05) is 6.61 Å². The average Bonchev–Trinajstić information content (AvgIpc) is 3.04. The van der Waals surface area contributed by atoms with Gasteiger partial charge < -0.3 is 14.5 Å². The number of hydrogen-bond acceptors (Lipinski definition) is 2. The molecule has 3 nitrogen and oxygen atoms in total. The largest absolute Gasteiger partial charge is 0.373 e. The molecule has 0 amide bonds. The lowest BCUT2D eigenvalue weighted by molar-refractivity contribution is -0.0792. The Bertz CT molecular complexity index is 687. The quantitative estimate of drug-likeness (QED) is 0.725. The van der Waals surface area contributed by atoms with Crippen LogP contribution in [0.4, 0.5) is 0 Å². The predicted molar refractivity (Wildman–Crippen MR) is 105 cm³/mol. The summed E-state index contributed by atoms with van der Waals surface area (Å²) < 4.78 is 12.1. The van der Waals surface area contributed by atoms with Crippen molar-refractivity contribution in [2.45, 2.75) is 46.0 Å². The summed E-state index contributed by atoms with van der Waals surface area (Å²) in [4.78, 5) is 3.32. The van der Waals surface area contributed by atoms with Crippen LogP contribution in [0.5, 0.6) is 0 Å². The van der Waals surface area contributed by atoms with E-state index in [2.05, 4.69) is 29.8 Å². The fourth-order valence-electron chi connectivity index (χ4n) is 3.19. The molecule has 0 spiro atoms. The van der Waals surface area contributed by atoms with Crippen LogP contribution in [0.15, 0.2) is 49.2 Å². The highest BCUT2D eigenvalue weighted by Gasteiger charge is 2.27. The van der Waals surface area contributed by atoms with Gasteiger partial charge in [-0.25, -0.2) is 0 Å². The lowest BCUT2D eigenvalue weighted by Crippen LogP contribution is -2.26. The van der Waals surface area contributed by atoms with E-state index in [4.69, 9.17) is 9.47 Å². The molecule has 0 aliphatic carbocycles. The van der Waals surface area contributed by atoms with Gasteiger partial charge in [0.2, 0.25) is 0 Å². The van der Waals surface area contributed by atoms with Crippen LogP contribution >= 0.6 is 0 Å². The van der Waals surface area contributed by atoms with E-state index in [1.54, 1.807) is 0 Å². The Labute approximate surface area is 151 Å². The van der Waals surface area contributed by atoms with Gasteiger partial charge >= 0.3 is 0 Å². The molecule has 0 unspecified atom stereocenters. The van der Waals surface area contributed by atoms with Crippen LogP contribution in [0, 0.1) is 0 Å². The van der Waals surface area contributed by atoms with Gasteiger partial charge in [-0.3, -0.25) is 0 Å². The Morgan fingerprint density at radius 2 is 2.12 bits per heavy atom. The maximum atomic E-state index is 6.12. The zero-order valence-corrected chi connectivity index (χ0v) is 14.2. The molecule has 1 aliphatic heterocycles. The van der Waals surface area contributed by atoms with Gasteiger partial charge in [0.15, 0.2) is 0 Å². The summed E-state index contributed by atoms with van der Waals surface area (Å²) >= 11 is 0. The SMILES string of the molecule is C.C=Cc1c([C@H]2C[C@@H](OCc3ccccc3)CCO2)c[nH]c1/C=C\C. The van der Waals surface area contributed by atoms with Crippen LogP contribution in [-0.4, -0.2) is 17.7 Å². The lowest BCUT2D eigenvalue weighted by atomic mass is 9.97. The van der Waals surface area contributed by atoms with Crippen molar-refractivity contribution in [3.63, 3.8) is 0 Å². The number of rotatable bonds is 6. The molecule has 1 saturated heterocycles. The van der Waals surface area contributed by atoms with Gasteiger partial charge in [0.1, 0.15) is 0 Å². The summed E-state index contributed by atoms with van der Waals surface area (Å²) in [6.07, 6.45) is 10.1. The van der Waals surface area contributed by atoms with Crippen LogP contribution in [0.1, 0.15) is 55.7 Å². The van der Waals surface area contributed by atoms with E-state index in [9.17, 15) is 0 Å². The Kier molecular flexibility index (Phi) is 7.23. The van der Waals surface area contributed by atoms with Crippen molar-refractivity contribution in [1.29, 1.82) is 0 Å². The van der Waals surface area contributed by atoms with Crippen LogP contribution in [-0.2, 0) is 16.1 Å². The molecular weight excluding hydrogens is 310 g/mol. The number of hydrogen-bond donors (Lipinski definition) is 1. The van der Waals surface area contributed by atoms with Crippen molar-refractivity contribution >= 4 is 12.2 Å². The smallest absolute Gasteiger partial charge is 0.0870 e. The lowest BCUT2D eigenvalue weighted by Gasteiger charge is -2.30. The summed E-state index contributed by atoms with van der Waals surface area (Å²) in [5.74, 6) is 0. The Morgan fingerprint density at radius 3 is 2.84 bits per heavy atom. The van der Waals surface area contributed by atoms with E-state index < -0.39 is 0 Å². The van der Waals surface area contributed by atoms with Crippen molar-refractivity contribution in [3.8, 4) is 0 Å². The summed E-state index contributed by atoms with van der Waals surface area (Å²) in [6, 6.07) is 10.3. The van der Waals surface area contributed by atoms with Crippen LogP contribution in [0.25, 0.3) is 12.2 Å². The minimum absolute atomic E-state index is 0. The molecule has 2 aromatic rings. The third-order valence-corrected chi connectivity index (χ3v) is 4.43. The first-order valence-corrected chi connectivity index (χ1v) is 8.55. The normalized spacial score (nSPS) is 20.4. The second-order valence-corrected chi connectivity index (χ2v) is 6.08. The van der Waals surface area contributed by atoms with Crippen molar-refractivity contribution < 1.29 is 9.47 Å². The summed E-state index contributed by atoms with van der Waals surface area (Å²) in [5, 5.41) is 0. The second kappa shape index (κ2) is 9.40. The van der Waals surface area contributed by atoms with E-state index in [1.807, 2.05) is 43.5 Å². The van der Waals surface area contributed by atoms with E-state index in [-0.39, 0.29) is 19.6 Å². The first-order chi connectivity index (χ1) is 11.8. The third kappa shape index (κ3) is 4.71. The first-order valence-electron chi connectivity index (χ1n) is 8.55. The molecule has 3 rings (SSSR count). The number of ether oxygens (including phenoxy) is 2. The topological polar surface area (TPSA) is 34.2 Å². The molecule has 0 bridgehead atoms. The van der Waals surface area contributed by atoms with Crippen molar-refractivity contribution in [1.82, 2.24) is 4.98 Å². The summed E-state index contributed by atoms with van der Waals surface area (Å²) in [7, 11) is 0. The van der Waals surface area contributed by atoms with Crippen LogP contribution < -0.4 is 0 Å². The molecule has 1 aromatic heterocycles. The average molecular weight is 339 g/mol. The molecule has 2 heterocycles. The van der Waals surface area contributed by atoms with Gasteiger partial charge in [-0.2, -0.15) is 0 Å². The number of aromatic nitrogens is 1. The third-order valence-electron chi connectivity index (χ3n) is 4.43. The number of aromatic amines is 1. The van der Waals surface area contributed by atoms with Crippen LogP contribution in [0.3, 0.4) is 0 Å². The van der Waals surface area contributed by atoms with Gasteiger partial charge in [0, 0.05) is 36.0 Å². The fourth-order valence-corrected chi connectivity index (χ4v) is 3.19. The van der Waals surface area contributed by atoms with Crippen molar-refractivity contribution in [2.24, 2.45) is 0 Å². The van der Waals surface area contributed by atoms with E-state index in [0.29, 0.717) is 6.61 Å². The Hall–Kier alpha value is -2.10. The monoisotopic (exact) mass is 339 g/mol.